The summed E-state index contributed by atoms with van der Waals surface area (Å²) >= 11 is 1.76. The molecule has 3 rings (SSSR count). The van der Waals surface area contributed by atoms with Gasteiger partial charge in [0, 0.05) is 31.4 Å². The predicted molar refractivity (Wildman–Crippen MR) is 82.1 cm³/mol. The maximum atomic E-state index is 5.57. The van der Waals surface area contributed by atoms with E-state index in [1.54, 1.807) is 11.3 Å². The summed E-state index contributed by atoms with van der Waals surface area (Å²) in [5.41, 5.74) is 2.52. The molecule has 2 aromatic rings. The third-order valence-electron chi connectivity index (χ3n) is 3.51. The second-order valence-electron chi connectivity index (χ2n) is 5.31. The first-order valence-electron chi connectivity index (χ1n) is 7.11. The van der Waals surface area contributed by atoms with Crippen molar-refractivity contribution in [2.75, 3.05) is 19.7 Å². The molecule has 0 N–H and O–H groups in total. The zero-order valence-corrected chi connectivity index (χ0v) is 12.6. The molecule has 0 bridgehead atoms. The molecule has 1 aromatic heterocycles. The molecule has 20 heavy (non-hydrogen) atoms. The van der Waals surface area contributed by atoms with Gasteiger partial charge >= 0.3 is 0 Å². The molecule has 0 aliphatic carbocycles. The van der Waals surface area contributed by atoms with Gasteiger partial charge in [0.1, 0.15) is 0 Å². The molecule has 1 saturated heterocycles. The Labute approximate surface area is 124 Å². The molecule has 2 heterocycles. The number of thiazole rings is 1. The van der Waals surface area contributed by atoms with Crippen LogP contribution in [-0.4, -0.2) is 35.7 Å². The third kappa shape index (κ3) is 3.66. The third-order valence-corrected chi connectivity index (χ3v) is 4.41. The molecular weight excluding hydrogens is 268 g/mol. The van der Waals surface area contributed by atoms with Crippen LogP contribution in [0.1, 0.15) is 23.2 Å². The van der Waals surface area contributed by atoms with Crippen LogP contribution in [0.4, 0.5) is 0 Å². The smallest absolute Gasteiger partial charge is 0.0972 e. The fraction of sp³-hybridized carbons (Fsp3) is 0.438. The summed E-state index contributed by atoms with van der Waals surface area (Å²) in [6.45, 7) is 5.93. The average molecular weight is 288 g/mol. The Hall–Kier alpha value is -1.23. The molecule has 1 aliphatic rings. The van der Waals surface area contributed by atoms with E-state index in [9.17, 15) is 0 Å². The van der Waals surface area contributed by atoms with Crippen molar-refractivity contribution in [1.29, 1.82) is 0 Å². The summed E-state index contributed by atoms with van der Waals surface area (Å²) in [6.07, 6.45) is 1.27. The fourth-order valence-electron chi connectivity index (χ4n) is 2.54. The molecule has 0 amide bonds. The van der Waals surface area contributed by atoms with Crippen molar-refractivity contribution in [3.8, 4) is 0 Å². The first-order valence-corrected chi connectivity index (χ1v) is 7.99. The number of benzene rings is 1. The van der Waals surface area contributed by atoms with Crippen molar-refractivity contribution in [2.24, 2.45) is 0 Å². The van der Waals surface area contributed by atoms with Gasteiger partial charge in [0.25, 0.3) is 0 Å². The molecule has 0 saturated carbocycles. The van der Waals surface area contributed by atoms with Crippen LogP contribution in [0.15, 0.2) is 35.7 Å². The van der Waals surface area contributed by atoms with Gasteiger partial charge in [0.05, 0.1) is 23.4 Å². The van der Waals surface area contributed by atoms with E-state index in [4.69, 9.17) is 9.72 Å². The minimum Gasteiger partial charge on any atom is -0.376 e. The lowest BCUT2D eigenvalue weighted by molar-refractivity contribution is -0.0215. The first-order chi connectivity index (χ1) is 9.79. The topological polar surface area (TPSA) is 25.4 Å². The largest absolute Gasteiger partial charge is 0.376 e. The summed E-state index contributed by atoms with van der Waals surface area (Å²) in [4.78, 5) is 7.19. The summed E-state index contributed by atoms with van der Waals surface area (Å²) in [5, 5.41) is 3.39. The molecule has 106 valence electrons. The zero-order chi connectivity index (χ0) is 13.8. The number of ether oxygens (including phenoxy) is 1. The van der Waals surface area contributed by atoms with Gasteiger partial charge in [-0.05, 0) is 12.5 Å². The first kappa shape index (κ1) is 13.7. The van der Waals surface area contributed by atoms with Gasteiger partial charge in [-0.3, -0.25) is 4.90 Å². The van der Waals surface area contributed by atoms with Gasteiger partial charge in [-0.15, -0.1) is 11.3 Å². The minimum absolute atomic E-state index is 0.339. The van der Waals surface area contributed by atoms with E-state index in [0.29, 0.717) is 6.10 Å². The maximum Gasteiger partial charge on any atom is 0.0972 e. The van der Waals surface area contributed by atoms with Crippen LogP contribution in [0.3, 0.4) is 0 Å². The van der Waals surface area contributed by atoms with Crippen LogP contribution in [0.5, 0.6) is 0 Å². The summed E-state index contributed by atoms with van der Waals surface area (Å²) in [7, 11) is 0. The van der Waals surface area contributed by atoms with Crippen LogP contribution >= 0.6 is 11.3 Å². The Morgan fingerprint density at radius 3 is 3.00 bits per heavy atom. The van der Waals surface area contributed by atoms with Crippen molar-refractivity contribution in [2.45, 2.75) is 26.0 Å². The molecule has 4 heteroatoms. The van der Waals surface area contributed by atoms with Crippen LogP contribution in [0, 0.1) is 0 Å². The predicted octanol–water partition coefficient (Wildman–Crippen LogP) is 2.95. The standard InChI is InChI=1S/C16H20N2OS/c1-13-10-18(7-8-19-13)11-15-12-20-16(17-15)9-14-5-3-2-4-6-14/h2-6,12-13H,7-11H2,1H3/t13-/m1/s1. The van der Waals surface area contributed by atoms with E-state index in [2.05, 4.69) is 47.5 Å². The quantitative estimate of drug-likeness (QED) is 0.865. The van der Waals surface area contributed by atoms with Gasteiger partial charge < -0.3 is 4.74 Å². The number of nitrogens with zero attached hydrogens (tertiary/aromatic N) is 2. The van der Waals surface area contributed by atoms with Crippen molar-refractivity contribution in [3.63, 3.8) is 0 Å². The Kier molecular flexibility index (Phi) is 4.45. The number of hydrogen-bond donors (Lipinski definition) is 0. The summed E-state index contributed by atoms with van der Waals surface area (Å²) in [6, 6.07) is 10.5. The van der Waals surface area contributed by atoms with Gasteiger partial charge in [-0.2, -0.15) is 0 Å². The van der Waals surface area contributed by atoms with Crippen molar-refractivity contribution in [3.05, 3.63) is 52.0 Å². The second kappa shape index (κ2) is 6.48. The average Bonchev–Trinajstić information content (AvgIpc) is 2.87. The van der Waals surface area contributed by atoms with Gasteiger partial charge in [0.15, 0.2) is 0 Å². The summed E-state index contributed by atoms with van der Waals surface area (Å²) < 4.78 is 5.57. The Morgan fingerprint density at radius 2 is 2.20 bits per heavy atom. The molecule has 1 aromatic carbocycles. The number of morpholine rings is 1. The molecule has 0 spiro atoms. The van der Waals surface area contributed by atoms with E-state index in [0.717, 1.165) is 32.7 Å². The molecule has 1 aliphatic heterocycles. The van der Waals surface area contributed by atoms with Crippen molar-refractivity contribution < 1.29 is 4.74 Å². The summed E-state index contributed by atoms with van der Waals surface area (Å²) in [5.74, 6) is 0. The van der Waals surface area contributed by atoms with E-state index in [1.807, 2.05) is 0 Å². The highest BCUT2D eigenvalue weighted by Crippen LogP contribution is 2.17. The van der Waals surface area contributed by atoms with Gasteiger partial charge in [-0.1, -0.05) is 30.3 Å². The fourth-order valence-corrected chi connectivity index (χ4v) is 3.36. The molecule has 1 fully saturated rings. The van der Waals surface area contributed by atoms with Gasteiger partial charge in [0.2, 0.25) is 0 Å². The Balaban J connectivity index is 1.59. The number of rotatable bonds is 4. The minimum atomic E-state index is 0.339. The lowest BCUT2D eigenvalue weighted by Crippen LogP contribution is -2.40. The van der Waals surface area contributed by atoms with Crippen LogP contribution in [-0.2, 0) is 17.7 Å². The van der Waals surface area contributed by atoms with Crippen LogP contribution in [0.2, 0.25) is 0 Å². The van der Waals surface area contributed by atoms with Gasteiger partial charge in [-0.25, -0.2) is 4.98 Å². The lowest BCUT2D eigenvalue weighted by atomic mass is 10.2. The number of aromatic nitrogens is 1. The molecule has 0 radical (unpaired) electrons. The normalized spacial score (nSPS) is 20.1. The van der Waals surface area contributed by atoms with E-state index >= 15 is 0 Å². The number of hydrogen-bond acceptors (Lipinski definition) is 4. The van der Waals surface area contributed by atoms with E-state index in [-0.39, 0.29) is 0 Å². The van der Waals surface area contributed by atoms with E-state index in [1.165, 1.54) is 16.3 Å². The van der Waals surface area contributed by atoms with Crippen LogP contribution < -0.4 is 0 Å². The second-order valence-corrected chi connectivity index (χ2v) is 6.25. The Morgan fingerprint density at radius 1 is 1.35 bits per heavy atom. The molecular formula is C16H20N2OS. The monoisotopic (exact) mass is 288 g/mol. The SMILES string of the molecule is C[C@@H]1CN(Cc2csc(Cc3ccccc3)n2)CCO1. The highest BCUT2D eigenvalue weighted by atomic mass is 32.1. The van der Waals surface area contributed by atoms with Crippen molar-refractivity contribution >= 4 is 11.3 Å². The maximum absolute atomic E-state index is 5.57. The highest BCUT2D eigenvalue weighted by Gasteiger charge is 2.17. The van der Waals surface area contributed by atoms with Crippen LogP contribution in [0.25, 0.3) is 0 Å². The molecule has 1 atom stereocenters. The Bertz CT molecular complexity index is 540. The highest BCUT2D eigenvalue weighted by molar-refractivity contribution is 7.09. The lowest BCUT2D eigenvalue weighted by Gasteiger charge is -2.30. The van der Waals surface area contributed by atoms with E-state index < -0.39 is 0 Å². The zero-order valence-electron chi connectivity index (χ0n) is 11.8. The molecule has 3 nitrogen and oxygen atoms in total. The van der Waals surface area contributed by atoms with Crippen molar-refractivity contribution in [1.82, 2.24) is 9.88 Å². The molecule has 0 unspecified atom stereocenters.